The van der Waals surface area contributed by atoms with Gasteiger partial charge in [-0.2, -0.15) is 0 Å². The highest BCUT2D eigenvalue weighted by molar-refractivity contribution is 8.00. The number of rotatable bonds is 8. The lowest BCUT2D eigenvalue weighted by molar-refractivity contribution is -0.115. The number of anilines is 1. The molecule has 0 bridgehead atoms. The van der Waals surface area contributed by atoms with E-state index in [1.165, 1.54) is 43.6 Å². The minimum absolute atomic E-state index is 0.122. The summed E-state index contributed by atoms with van der Waals surface area (Å²) >= 11 is 1.22. The minimum Gasteiger partial charge on any atom is -0.325 e. The SMILES string of the molecule is CCc1ccc(-c2nc(SC(C)C(=O)Nc3cc(S(=O)(=O)N(C)C)ccc3C)n[nH]2)cc1. The van der Waals surface area contributed by atoms with Gasteiger partial charge in [-0.25, -0.2) is 17.7 Å². The third-order valence-electron chi connectivity index (χ3n) is 5.00. The Hall–Kier alpha value is -2.69. The van der Waals surface area contributed by atoms with Crippen LogP contribution < -0.4 is 5.32 Å². The maximum absolute atomic E-state index is 12.8. The summed E-state index contributed by atoms with van der Waals surface area (Å²) in [6.45, 7) is 5.66. The number of hydrogen-bond donors (Lipinski definition) is 2. The number of hydrogen-bond acceptors (Lipinski definition) is 6. The molecule has 0 aliphatic heterocycles. The summed E-state index contributed by atoms with van der Waals surface area (Å²) in [4.78, 5) is 17.4. The standard InChI is InChI=1S/C22H27N5O3S2/c1-6-16-8-10-17(11-9-16)20-24-22(26-25-20)31-15(3)21(28)23-19-13-18(12-7-14(19)2)32(29,30)27(4)5/h7-13,15H,6H2,1-5H3,(H,23,28)(H,24,25,26). The molecule has 0 saturated carbocycles. The Morgan fingerprint density at radius 1 is 1.19 bits per heavy atom. The van der Waals surface area contributed by atoms with Crippen molar-refractivity contribution in [3.05, 3.63) is 53.6 Å². The number of thioether (sulfide) groups is 1. The average molecular weight is 474 g/mol. The normalized spacial score (nSPS) is 12.7. The molecule has 32 heavy (non-hydrogen) atoms. The molecular weight excluding hydrogens is 446 g/mol. The van der Waals surface area contributed by atoms with Crippen molar-refractivity contribution >= 4 is 33.4 Å². The summed E-state index contributed by atoms with van der Waals surface area (Å²) in [6.07, 6.45) is 0.966. The fourth-order valence-electron chi connectivity index (χ4n) is 2.88. The zero-order chi connectivity index (χ0) is 23.5. The molecule has 1 heterocycles. The summed E-state index contributed by atoms with van der Waals surface area (Å²) in [5.41, 5.74) is 3.39. The van der Waals surface area contributed by atoms with Crippen LogP contribution in [0.4, 0.5) is 5.69 Å². The number of nitrogens with zero attached hydrogens (tertiary/aromatic N) is 3. The van der Waals surface area contributed by atoms with Crippen molar-refractivity contribution in [1.29, 1.82) is 0 Å². The van der Waals surface area contributed by atoms with Crippen molar-refractivity contribution in [2.24, 2.45) is 0 Å². The molecule has 0 radical (unpaired) electrons. The molecule has 170 valence electrons. The number of carbonyl (C=O) groups is 1. The van der Waals surface area contributed by atoms with Gasteiger partial charge in [-0.3, -0.25) is 9.89 Å². The first-order valence-corrected chi connectivity index (χ1v) is 12.5. The molecule has 3 rings (SSSR count). The fraction of sp³-hybridized carbons (Fsp3) is 0.318. The summed E-state index contributed by atoms with van der Waals surface area (Å²) < 4.78 is 25.9. The predicted molar refractivity (Wildman–Crippen MR) is 127 cm³/mol. The van der Waals surface area contributed by atoms with Crippen LogP contribution in [0.2, 0.25) is 0 Å². The van der Waals surface area contributed by atoms with Gasteiger partial charge >= 0.3 is 0 Å². The van der Waals surface area contributed by atoms with E-state index in [4.69, 9.17) is 0 Å². The Bertz CT molecular complexity index is 1200. The van der Waals surface area contributed by atoms with Crippen LogP contribution >= 0.6 is 11.8 Å². The van der Waals surface area contributed by atoms with Crippen LogP contribution in [0, 0.1) is 6.92 Å². The summed E-state index contributed by atoms with van der Waals surface area (Å²) in [7, 11) is -0.661. The van der Waals surface area contributed by atoms with Gasteiger partial charge in [-0.05, 0) is 43.5 Å². The van der Waals surface area contributed by atoms with Gasteiger partial charge in [0.05, 0.1) is 10.1 Å². The van der Waals surface area contributed by atoms with Crippen LogP contribution in [0.15, 0.2) is 52.5 Å². The van der Waals surface area contributed by atoms with Gasteiger partial charge < -0.3 is 5.32 Å². The first-order valence-electron chi connectivity index (χ1n) is 10.1. The third kappa shape index (κ3) is 5.37. The molecular formula is C22H27N5O3S2. The molecule has 2 aromatic carbocycles. The number of aromatic nitrogens is 3. The highest BCUT2D eigenvalue weighted by atomic mass is 32.2. The average Bonchev–Trinajstić information content (AvgIpc) is 3.23. The smallest absolute Gasteiger partial charge is 0.242 e. The second-order valence-electron chi connectivity index (χ2n) is 7.53. The lowest BCUT2D eigenvalue weighted by Gasteiger charge is -2.15. The molecule has 0 saturated heterocycles. The monoisotopic (exact) mass is 473 g/mol. The second-order valence-corrected chi connectivity index (χ2v) is 11.0. The lowest BCUT2D eigenvalue weighted by atomic mass is 10.1. The van der Waals surface area contributed by atoms with Gasteiger partial charge in [0.2, 0.25) is 21.1 Å². The van der Waals surface area contributed by atoms with Crippen molar-refractivity contribution in [3.8, 4) is 11.4 Å². The van der Waals surface area contributed by atoms with E-state index in [-0.39, 0.29) is 10.8 Å². The molecule has 10 heteroatoms. The van der Waals surface area contributed by atoms with Crippen LogP contribution in [0.5, 0.6) is 0 Å². The molecule has 0 fully saturated rings. The predicted octanol–water partition coefficient (Wildman–Crippen LogP) is 3.71. The van der Waals surface area contributed by atoms with Gasteiger partial charge in [0.25, 0.3) is 0 Å². The molecule has 2 N–H and O–H groups in total. The minimum atomic E-state index is -3.60. The van der Waals surface area contributed by atoms with Crippen LogP contribution in [-0.2, 0) is 21.2 Å². The maximum Gasteiger partial charge on any atom is 0.242 e. The summed E-state index contributed by atoms with van der Waals surface area (Å²) in [6, 6.07) is 12.8. The molecule has 1 atom stereocenters. The number of sulfonamides is 1. The quantitative estimate of drug-likeness (QED) is 0.483. The Morgan fingerprint density at radius 2 is 1.88 bits per heavy atom. The van der Waals surface area contributed by atoms with Crippen molar-refractivity contribution in [2.75, 3.05) is 19.4 Å². The van der Waals surface area contributed by atoms with E-state index < -0.39 is 15.3 Å². The molecule has 0 aliphatic rings. The van der Waals surface area contributed by atoms with Crippen LogP contribution in [0.25, 0.3) is 11.4 Å². The molecule has 0 spiro atoms. The highest BCUT2D eigenvalue weighted by Crippen LogP contribution is 2.26. The Balaban J connectivity index is 1.70. The second kappa shape index (κ2) is 9.85. The Labute approximate surface area is 192 Å². The number of nitrogens with one attached hydrogen (secondary N) is 2. The number of amides is 1. The number of aryl methyl sites for hydroxylation is 2. The van der Waals surface area contributed by atoms with Crippen LogP contribution in [-0.4, -0.2) is 53.2 Å². The maximum atomic E-state index is 12.8. The van der Waals surface area contributed by atoms with Crippen molar-refractivity contribution in [2.45, 2.75) is 42.5 Å². The van der Waals surface area contributed by atoms with E-state index in [2.05, 4.69) is 27.4 Å². The number of H-pyrrole nitrogens is 1. The van der Waals surface area contributed by atoms with E-state index >= 15 is 0 Å². The van der Waals surface area contributed by atoms with Gasteiger partial charge in [-0.1, -0.05) is 49.0 Å². The van der Waals surface area contributed by atoms with Gasteiger partial charge in [0, 0.05) is 25.3 Å². The first kappa shape index (κ1) is 24.0. The van der Waals surface area contributed by atoms with Crippen LogP contribution in [0.1, 0.15) is 25.0 Å². The molecule has 0 aliphatic carbocycles. The first-order chi connectivity index (χ1) is 15.1. The zero-order valence-electron chi connectivity index (χ0n) is 18.7. The summed E-state index contributed by atoms with van der Waals surface area (Å²) in [5.74, 6) is 0.372. The van der Waals surface area contributed by atoms with Gasteiger partial charge in [0.1, 0.15) is 0 Å². The Morgan fingerprint density at radius 3 is 2.50 bits per heavy atom. The van der Waals surface area contributed by atoms with E-state index in [0.717, 1.165) is 21.9 Å². The highest BCUT2D eigenvalue weighted by Gasteiger charge is 2.21. The largest absolute Gasteiger partial charge is 0.325 e. The summed E-state index contributed by atoms with van der Waals surface area (Å²) in [5, 5.41) is 9.92. The third-order valence-corrected chi connectivity index (χ3v) is 7.77. The molecule has 3 aromatic rings. The molecule has 1 aromatic heterocycles. The van der Waals surface area contributed by atoms with E-state index in [0.29, 0.717) is 16.7 Å². The Kier molecular flexibility index (Phi) is 7.37. The lowest BCUT2D eigenvalue weighted by Crippen LogP contribution is -2.24. The van der Waals surface area contributed by atoms with Crippen molar-refractivity contribution in [3.63, 3.8) is 0 Å². The molecule has 1 amide bonds. The number of aromatic amines is 1. The van der Waals surface area contributed by atoms with Crippen molar-refractivity contribution < 1.29 is 13.2 Å². The fourth-order valence-corrected chi connectivity index (χ4v) is 4.53. The zero-order valence-corrected chi connectivity index (χ0v) is 20.3. The van der Waals surface area contributed by atoms with E-state index in [1.807, 2.05) is 31.2 Å². The van der Waals surface area contributed by atoms with E-state index in [1.54, 1.807) is 13.0 Å². The number of carbonyl (C=O) groups excluding carboxylic acids is 1. The molecule has 8 nitrogen and oxygen atoms in total. The van der Waals surface area contributed by atoms with Gasteiger partial charge in [-0.15, -0.1) is 5.10 Å². The van der Waals surface area contributed by atoms with Crippen molar-refractivity contribution in [1.82, 2.24) is 19.5 Å². The van der Waals surface area contributed by atoms with E-state index in [9.17, 15) is 13.2 Å². The topological polar surface area (TPSA) is 108 Å². The number of benzene rings is 2. The molecule has 1 unspecified atom stereocenters. The van der Waals surface area contributed by atoms with Gasteiger partial charge in [0.15, 0.2) is 5.82 Å². The van der Waals surface area contributed by atoms with Crippen LogP contribution in [0.3, 0.4) is 0 Å².